The quantitative estimate of drug-likeness (QED) is 0.546. The highest BCUT2D eigenvalue weighted by atomic mass is 35.5. The molecule has 0 saturated carbocycles. The zero-order valence-corrected chi connectivity index (χ0v) is 6.61. The first kappa shape index (κ1) is 8.16. The third kappa shape index (κ3) is 3.72. The second kappa shape index (κ2) is 2.63. The fraction of sp³-hybridized carbons (Fsp3) is 1.00. The summed E-state index contributed by atoms with van der Waals surface area (Å²) in [5, 5.41) is 0. The third-order valence-corrected chi connectivity index (χ3v) is 2.14. The maximum Gasteiger partial charge on any atom is 0.145 e. The van der Waals surface area contributed by atoms with Crippen molar-refractivity contribution in [3.8, 4) is 0 Å². The highest BCUT2D eigenvalue weighted by Gasteiger charge is 2.24. The molecule has 0 nitrogen and oxygen atoms in total. The lowest BCUT2D eigenvalue weighted by Gasteiger charge is -2.12. The molecule has 0 heterocycles. The molecule has 0 aliphatic heterocycles. The van der Waals surface area contributed by atoms with Crippen molar-refractivity contribution >= 4 is 46.4 Å². The van der Waals surface area contributed by atoms with Crippen molar-refractivity contribution in [3.63, 3.8) is 0 Å². The summed E-state index contributed by atoms with van der Waals surface area (Å²) in [4.78, 5) is -0.726. The zero-order chi connectivity index (χ0) is 6.08. The van der Waals surface area contributed by atoms with E-state index in [4.69, 9.17) is 46.4 Å². The highest BCUT2D eigenvalue weighted by molar-refractivity contribution is 6.59. The Hall–Kier alpha value is 1.16. The van der Waals surface area contributed by atoms with Gasteiger partial charge < -0.3 is 0 Å². The third-order valence-electron chi connectivity index (χ3n) is 0.383. The van der Waals surface area contributed by atoms with Crippen LogP contribution in [0.15, 0.2) is 0 Å². The summed E-state index contributed by atoms with van der Waals surface area (Å²) in [5.74, 6) is 0. The smallest absolute Gasteiger partial charge is 0.102 e. The van der Waals surface area contributed by atoms with Gasteiger partial charge in [0.15, 0.2) is 0 Å². The van der Waals surface area contributed by atoms with Crippen LogP contribution in [0, 0.1) is 0 Å². The number of alkyl halides is 4. The molecule has 0 aliphatic carbocycles. The van der Waals surface area contributed by atoms with Crippen LogP contribution in [-0.2, 0) is 0 Å². The second-order valence-electron chi connectivity index (χ2n) is 1.26. The van der Waals surface area contributed by atoms with Crippen LogP contribution in [0.1, 0.15) is 6.92 Å². The molecule has 4 heteroatoms. The molecule has 0 aromatic rings. The van der Waals surface area contributed by atoms with Crippen molar-refractivity contribution in [2.75, 3.05) is 0 Å². The van der Waals surface area contributed by atoms with Crippen molar-refractivity contribution in [3.05, 3.63) is 0 Å². The Labute approximate surface area is 62.7 Å². The molecule has 0 fully saturated rings. The molecule has 44 valence electrons. The van der Waals surface area contributed by atoms with Crippen molar-refractivity contribution in [2.24, 2.45) is 0 Å². The number of halogens is 4. The van der Waals surface area contributed by atoms with Gasteiger partial charge in [0, 0.05) is 0 Å². The number of hydrogen-bond acceptors (Lipinski definition) is 0. The molecule has 7 heavy (non-hydrogen) atoms. The standard InChI is InChI=1S/C3H4Cl4/c1-3(6,7)2(4)5/h2H,1H3. The Bertz CT molecular complexity index is 52.4. The largest absolute Gasteiger partial charge is 0.145 e. The summed E-state index contributed by atoms with van der Waals surface area (Å²) in [7, 11) is 0. The SMILES string of the molecule is CC(Cl)(Cl)C(Cl)Cl. The van der Waals surface area contributed by atoms with Crippen molar-refractivity contribution < 1.29 is 0 Å². The predicted molar refractivity (Wildman–Crippen MR) is 35.6 cm³/mol. The van der Waals surface area contributed by atoms with Crippen LogP contribution in [-0.4, -0.2) is 9.17 Å². The highest BCUT2D eigenvalue weighted by Crippen LogP contribution is 2.30. The van der Waals surface area contributed by atoms with Crippen LogP contribution in [0.5, 0.6) is 0 Å². The average Bonchev–Trinajstić information content (AvgIpc) is 1.31. The van der Waals surface area contributed by atoms with Crippen molar-refractivity contribution in [2.45, 2.75) is 16.1 Å². The van der Waals surface area contributed by atoms with Crippen LogP contribution in [0.3, 0.4) is 0 Å². The Morgan fingerprint density at radius 2 is 1.43 bits per heavy atom. The lowest BCUT2D eigenvalue weighted by molar-refractivity contribution is 0.951. The van der Waals surface area contributed by atoms with Crippen molar-refractivity contribution in [1.29, 1.82) is 0 Å². The molecular weight excluding hydrogens is 178 g/mol. The van der Waals surface area contributed by atoms with Crippen LogP contribution in [0.2, 0.25) is 0 Å². The minimum absolute atomic E-state index is 0.726. The first-order chi connectivity index (χ1) is 2.94. The summed E-state index contributed by atoms with van der Waals surface area (Å²) in [6.07, 6.45) is 0. The van der Waals surface area contributed by atoms with Gasteiger partial charge in [-0.25, -0.2) is 0 Å². The molecule has 0 aromatic carbocycles. The molecule has 0 unspecified atom stereocenters. The maximum absolute atomic E-state index is 5.37. The number of hydrogen-bond donors (Lipinski definition) is 0. The maximum atomic E-state index is 5.37. The molecule has 0 amide bonds. The van der Waals surface area contributed by atoms with E-state index in [0.29, 0.717) is 0 Å². The molecule has 0 aliphatic rings. The predicted octanol–water partition coefficient (Wildman–Crippen LogP) is 2.98. The van der Waals surface area contributed by atoms with E-state index >= 15 is 0 Å². The molecular formula is C3H4Cl4. The fourth-order valence-electron chi connectivity index (χ4n) is 0. The van der Waals surface area contributed by atoms with E-state index in [1.54, 1.807) is 0 Å². The van der Waals surface area contributed by atoms with Crippen LogP contribution < -0.4 is 0 Å². The Balaban J connectivity index is 3.54. The van der Waals surface area contributed by atoms with E-state index in [1.807, 2.05) is 0 Å². The first-order valence-electron chi connectivity index (χ1n) is 1.60. The van der Waals surface area contributed by atoms with Gasteiger partial charge in [-0.2, -0.15) is 0 Å². The van der Waals surface area contributed by atoms with Crippen LogP contribution in [0.4, 0.5) is 0 Å². The summed E-state index contributed by atoms with van der Waals surface area (Å²) in [6, 6.07) is 0. The Morgan fingerprint density at radius 1 is 1.29 bits per heavy atom. The van der Waals surface area contributed by atoms with Gasteiger partial charge in [0.05, 0.1) is 0 Å². The van der Waals surface area contributed by atoms with Gasteiger partial charge in [0.1, 0.15) is 9.17 Å². The molecule has 0 N–H and O–H groups in total. The van der Waals surface area contributed by atoms with Crippen LogP contribution >= 0.6 is 46.4 Å². The first-order valence-corrected chi connectivity index (χ1v) is 3.23. The van der Waals surface area contributed by atoms with Gasteiger partial charge in [-0.3, -0.25) is 0 Å². The van der Waals surface area contributed by atoms with Gasteiger partial charge in [-0.05, 0) is 6.92 Å². The molecule has 0 radical (unpaired) electrons. The number of rotatable bonds is 1. The topological polar surface area (TPSA) is 0 Å². The molecule has 0 spiro atoms. The zero-order valence-electron chi connectivity index (χ0n) is 3.59. The van der Waals surface area contributed by atoms with Gasteiger partial charge in [-0.15, -0.1) is 23.2 Å². The van der Waals surface area contributed by atoms with Gasteiger partial charge in [0.25, 0.3) is 0 Å². The van der Waals surface area contributed by atoms with Gasteiger partial charge in [-0.1, -0.05) is 23.2 Å². The molecule has 0 aromatic heterocycles. The normalized spacial score (nSPS) is 12.9. The van der Waals surface area contributed by atoms with Gasteiger partial charge >= 0.3 is 0 Å². The van der Waals surface area contributed by atoms with Crippen molar-refractivity contribution in [1.82, 2.24) is 0 Å². The molecule has 0 saturated heterocycles. The van der Waals surface area contributed by atoms with E-state index in [0.717, 1.165) is 0 Å². The van der Waals surface area contributed by atoms with Gasteiger partial charge in [0.2, 0.25) is 0 Å². The Kier molecular flexibility index (Phi) is 3.07. The summed E-state index contributed by atoms with van der Waals surface area (Å²) < 4.78 is -1.02. The molecule has 0 atom stereocenters. The summed E-state index contributed by atoms with van der Waals surface area (Å²) in [5.41, 5.74) is 0. The van der Waals surface area contributed by atoms with E-state index in [2.05, 4.69) is 0 Å². The van der Waals surface area contributed by atoms with E-state index in [-0.39, 0.29) is 0 Å². The average molecular weight is 182 g/mol. The lowest BCUT2D eigenvalue weighted by Crippen LogP contribution is -2.15. The van der Waals surface area contributed by atoms with E-state index in [1.165, 1.54) is 6.92 Å². The van der Waals surface area contributed by atoms with E-state index < -0.39 is 9.17 Å². The van der Waals surface area contributed by atoms with E-state index in [9.17, 15) is 0 Å². The Morgan fingerprint density at radius 3 is 1.43 bits per heavy atom. The minimum Gasteiger partial charge on any atom is -0.102 e. The second-order valence-corrected chi connectivity index (χ2v) is 4.12. The van der Waals surface area contributed by atoms with Crippen LogP contribution in [0.25, 0.3) is 0 Å². The summed E-state index contributed by atoms with van der Waals surface area (Å²) >= 11 is 21.2. The lowest BCUT2D eigenvalue weighted by atomic mass is 10.5. The molecule has 0 bridgehead atoms. The fourth-order valence-corrected chi connectivity index (χ4v) is 0. The summed E-state index contributed by atoms with van der Waals surface area (Å²) in [6.45, 7) is 1.53. The molecule has 0 rings (SSSR count). The minimum atomic E-state index is -1.02. The monoisotopic (exact) mass is 180 g/mol.